The molecule has 10 nitrogen and oxygen atoms in total. The minimum atomic E-state index is -1.31. The number of carbonyl (C=O) groups is 3. The lowest BCUT2D eigenvalue weighted by Crippen LogP contribution is -2.44. The Morgan fingerprint density at radius 1 is 1.11 bits per heavy atom. The minimum Gasteiger partial charge on any atom is -0.481 e. The first-order valence-electron chi connectivity index (χ1n) is 11.7. The van der Waals surface area contributed by atoms with Crippen LogP contribution in [0, 0.1) is 13.8 Å². The second kappa shape index (κ2) is 12.0. The molecule has 0 fully saturated rings. The van der Waals surface area contributed by atoms with Crippen molar-refractivity contribution in [1.29, 1.82) is 0 Å². The third kappa shape index (κ3) is 7.88. The van der Waals surface area contributed by atoms with Gasteiger partial charge in [-0.3, -0.25) is 9.59 Å². The molecule has 0 saturated heterocycles. The zero-order valence-corrected chi connectivity index (χ0v) is 22.3. The molecule has 0 spiro atoms. The number of aryl methyl sites for hydroxylation is 2. The smallest absolute Gasteiger partial charge is 0.408 e. The van der Waals surface area contributed by atoms with Crippen molar-refractivity contribution in [3.63, 3.8) is 0 Å². The van der Waals surface area contributed by atoms with Gasteiger partial charge in [0.1, 0.15) is 19.2 Å². The molecule has 0 saturated carbocycles. The van der Waals surface area contributed by atoms with Gasteiger partial charge in [-0.25, -0.2) is 9.48 Å². The van der Waals surface area contributed by atoms with E-state index in [-0.39, 0.29) is 18.6 Å². The summed E-state index contributed by atoms with van der Waals surface area (Å²) < 4.78 is 6.44. The summed E-state index contributed by atoms with van der Waals surface area (Å²) in [5.41, 5.74) is 4.09. The van der Waals surface area contributed by atoms with E-state index in [1.54, 1.807) is 24.3 Å². The van der Waals surface area contributed by atoms with Crippen molar-refractivity contribution < 1.29 is 24.2 Å². The van der Waals surface area contributed by atoms with E-state index in [0.29, 0.717) is 5.16 Å². The lowest BCUT2D eigenvalue weighted by Gasteiger charge is -2.22. The molecule has 0 aliphatic carbocycles. The summed E-state index contributed by atoms with van der Waals surface area (Å²) in [7, 11) is 0. The van der Waals surface area contributed by atoms with Crippen LogP contribution in [0.3, 0.4) is 0 Å². The van der Waals surface area contributed by atoms with Crippen molar-refractivity contribution in [2.24, 2.45) is 0 Å². The summed E-state index contributed by atoms with van der Waals surface area (Å²) in [5.74, 6) is -1.80. The van der Waals surface area contributed by atoms with Crippen LogP contribution in [0.1, 0.15) is 49.4 Å². The number of hydrogen-bond donors (Lipinski definition) is 2. The summed E-state index contributed by atoms with van der Waals surface area (Å²) in [6.07, 6.45) is -1.49. The molecule has 3 aromatic rings. The van der Waals surface area contributed by atoms with Gasteiger partial charge in [0, 0.05) is 4.90 Å². The molecular formula is C26H31N5O5S. The quantitative estimate of drug-likeness (QED) is 0.401. The number of alkyl carbamates (subject to hydrolysis) is 1. The molecule has 0 radical (unpaired) electrons. The van der Waals surface area contributed by atoms with Crippen molar-refractivity contribution in [3.05, 3.63) is 64.7 Å². The molecular weight excluding hydrogens is 494 g/mol. The van der Waals surface area contributed by atoms with Crippen LogP contribution < -0.4 is 5.32 Å². The Bertz CT molecular complexity index is 1250. The Balaban J connectivity index is 1.70. The van der Waals surface area contributed by atoms with Crippen LogP contribution in [0.15, 0.2) is 52.5 Å². The maximum Gasteiger partial charge on any atom is 0.408 e. The number of aliphatic carboxylic acids is 1. The molecule has 0 bridgehead atoms. The number of nitrogens with one attached hydrogen (secondary N) is 1. The molecule has 1 heterocycles. The number of hydrogen-bond acceptors (Lipinski definition) is 8. The first kappa shape index (κ1) is 27.9. The summed E-state index contributed by atoms with van der Waals surface area (Å²) in [4.78, 5) is 37.6. The van der Waals surface area contributed by atoms with Gasteiger partial charge in [-0.05, 0) is 63.7 Å². The number of ether oxygens (including phenoxy) is 1. The van der Waals surface area contributed by atoms with E-state index < -0.39 is 30.3 Å². The topological polar surface area (TPSA) is 136 Å². The number of rotatable bonds is 10. The largest absolute Gasteiger partial charge is 0.481 e. The van der Waals surface area contributed by atoms with Gasteiger partial charge in [-0.1, -0.05) is 63.2 Å². The second-order valence-corrected chi connectivity index (χ2v) is 10.7. The molecule has 1 atom stereocenters. The first-order valence-corrected chi connectivity index (χ1v) is 12.5. The Hall–Kier alpha value is -3.73. The zero-order valence-electron chi connectivity index (χ0n) is 21.5. The summed E-state index contributed by atoms with van der Waals surface area (Å²) in [6.45, 7) is 10.2. The lowest BCUT2D eigenvalue weighted by molar-refractivity contribution is -0.139. The average molecular weight is 526 g/mol. The van der Waals surface area contributed by atoms with Crippen molar-refractivity contribution in [1.82, 2.24) is 25.5 Å². The molecule has 11 heteroatoms. The van der Waals surface area contributed by atoms with Gasteiger partial charge in [0.05, 0.1) is 6.42 Å². The molecule has 37 heavy (non-hydrogen) atoms. The molecule has 1 aromatic heterocycles. The monoisotopic (exact) mass is 525 g/mol. The van der Waals surface area contributed by atoms with Crippen LogP contribution in [0.25, 0.3) is 0 Å². The van der Waals surface area contributed by atoms with Crippen molar-refractivity contribution >= 4 is 29.6 Å². The van der Waals surface area contributed by atoms with E-state index in [1.807, 2.05) is 19.9 Å². The van der Waals surface area contributed by atoms with Crippen LogP contribution in [0.2, 0.25) is 0 Å². The highest BCUT2D eigenvalue weighted by atomic mass is 32.2. The number of carboxylic acids is 1. The van der Waals surface area contributed by atoms with Gasteiger partial charge in [-0.15, -0.1) is 5.10 Å². The van der Waals surface area contributed by atoms with Crippen LogP contribution in [0.5, 0.6) is 0 Å². The van der Waals surface area contributed by atoms with Gasteiger partial charge >= 0.3 is 12.1 Å². The van der Waals surface area contributed by atoms with Gasteiger partial charge in [0.15, 0.2) is 5.78 Å². The Kier molecular flexibility index (Phi) is 9.04. The van der Waals surface area contributed by atoms with Crippen molar-refractivity contribution in [2.75, 3.05) is 0 Å². The SMILES string of the molecule is Cc1cc(C(C)(C)C)cc(C)c1Sc1nnnn1CC(=O)C(CC(=O)O)NC(=O)OCc1ccccc1. The van der Waals surface area contributed by atoms with E-state index in [1.165, 1.54) is 22.0 Å². The van der Waals surface area contributed by atoms with E-state index >= 15 is 0 Å². The number of ketones is 1. The fourth-order valence-electron chi connectivity index (χ4n) is 3.59. The number of carbonyl (C=O) groups excluding carboxylic acids is 2. The third-order valence-corrected chi connectivity index (χ3v) is 6.92. The molecule has 3 rings (SSSR count). The van der Waals surface area contributed by atoms with Gasteiger partial charge in [0.25, 0.3) is 0 Å². The predicted octanol–water partition coefficient (Wildman–Crippen LogP) is 4.08. The van der Waals surface area contributed by atoms with E-state index in [2.05, 4.69) is 53.7 Å². The standard InChI is InChI=1S/C26H31N5O5S/c1-16-11-19(26(3,4)5)12-17(2)23(16)37-24-28-29-30-31(24)14-21(32)20(13-22(33)34)27-25(35)36-15-18-9-7-6-8-10-18/h6-12,20H,13-15H2,1-5H3,(H,27,35)(H,33,34). The summed E-state index contributed by atoms with van der Waals surface area (Å²) in [6, 6.07) is 11.9. The number of carboxylic acid groups (broad SMARTS) is 1. The summed E-state index contributed by atoms with van der Waals surface area (Å²) in [5, 5.41) is 23.7. The maximum absolute atomic E-state index is 13.0. The number of Topliss-reactive ketones (excluding diaryl/α,β-unsaturated/α-hetero) is 1. The zero-order chi connectivity index (χ0) is 27.2. The fraction of sp³-hybridized carbons (Fsp3) is 0.385. The van der Waals surface area contributed by atoms with Crippen LogP contribution >= 0.6 is 11.8 Å². The minimum absolute atomic E-state index is 0.00110. The first-order chi connectivity index (χ1) is 17.4. The Morgan fingerprint density at radius 3 is 2.35 bits per heavy atom. The maximum atomic E-state index is 13.0. The van der Waals surface area contributed by atoms with Crippen LogP contribution in [-0.4, -0.2) is 49.2 Å². The molecule has 2 N–H and O–H groups in total. The molecule has 1 amide bonds. The average Bonchev–Trinajstić information content (AvgIpc) is 3.25. The fourth-order valence-corrected chi connectivity index (χ4v) is 4.50. The lowest BCUT2D eigenvalue weighted by atomic mass is 9.85. The highest BCUT2D eigenvalue weighted by Gasteiger charge is 2.26. The van der Waals surface area contributed by atoms with E-state index in [0.717, 1.165) is 21.6 Å². The number of amides is 1. The van der Waals surface area contributed by atoms with E-state index in [9.17, 15) is 19.5 Å². The van der Waals surface area contributed by atoms with Gasteiger partial charge < -0.3 is 15.2 Å². The Labute approximate surface area is 219 Å². The number of benzene rings is 2. The molecule has 0 aliphatic rings. The Morgan fingerprint density at radius 2 is 1.76 bits per heavy atom. The van der Waals surface area contributed by atoms with Gasteiger partial charge in [0.2, 0.25) is 5.16 Å². The highest BCUT2D eigenvalue weighted by molar-refractivity contribution is 7.99. The molecule has 196 valence electrons. The predicted molar refractivity (Wildman–Crippen MR) is 137 cm³/mol. The molecule has 1 unspecified atom stereocenters. The number of nitrogens with zero attached hydrogens (tertiary/aromatic N) is 4. The summed E-state index contributed by atoms with van der Waals surface area (Å²) >= 11 is 1.33. The normalized spacial score (nSPS) is 12.1. The van der Waals surface area contributed by atoms with Crippen molar-refractivity contribution in [3.8, 4) is 0 Å². The molecule has 2 aromatic carbocycles. The van der Waals surface area contributed by atoms with Crippen LogP contribution in [-0.2, 0) is 32.9 Å². The molecule has 0 aliphatic heterocycles. The highest BCUT2D eigenvalue weighted by Crippen LogP contribution is 2.35. The number of aromatic nitrogens is 4. The van der Waals surface area contributed by atoms with Crippen molar-refractivity contribution in [2.45, 2.75) is 75.7 Å². The van der Waals surface area contributed by atoms with E-state index in [4.69, 9.17) is 4.74 Å². The van der Waals surface area contributed by atoms with Crippen LogP contribution in [0.4, 0.5) is 4.79 Å². The second-order valence-electron chi connectivity index (χ2n) is 9.73. The third-order valence-electron chi connectivity index (χ3n) is 5.60. The van der Waals surface area contributed by atoms with Gasteiger partial charge in [-0.2, -0.15) is 0 Å². The number of tetrazole rings is 1.